The summed E-state index contributed by atoms with van der Waals surface area (Å²) in [6.45, 7) is 2.62. The summed E-state index contributed by atoms with van der Waals surface area (Å²) < 4.78 is 45.0. The molecule has 1 amide bonds. The topological polar surface area (TPSA) is 88.6 Å². The van der Waals surface area contributed by atoms with E-state index in [4.69, 9.17) is 4.74 Å². The molecule has 1 aliphatic rings. The molecule has 2 atom stereocenters. The first-order valence-corrected chi connectivity index (χ1v) is 13.8. The highest BCUT2D eigenvalue weighted by Crippen LogP contribution is 2.40. The first kappa shape index (κ1) is 25.8. The maximum atomic E-state index is 13.6. The van der Waals surface area contributed by atoms with E-state index in [0.29, 0.717) is 31.4 Å². The first-order chi connectivity index (χ1) is 17.2. The number of hydrogen-bond donors (Lipinski definition) is 1. The number of nitrogens with zero attached hydrogens (tertiary/aromatic N) is 2. The van der Waals surface area contributed by atoms with Crippen LogP contribution in [0.3, 0.4) is 0 Å². The van der Waals surface area contributed by atoms with Gasteiger partial charge in [0, 0.05) is 31.3 Å². The smallest absolute Gasteiger partial charge is 0.411 e. The van der Waals surface area contributed by atoms with E-state index in [1.54, 1.807) is 23.2 Å². The van der Waals surface area contributed by atoms with Crippen LogP contribution in [0.2, 0.25) is 0 Å². The normalized spacial score (nSPS) is 19.1. The molecule has 0 bridgehead atoms. The third-order valence-corrected chi connectivity index (χ3v) is 7.32. The van der Waals surface area contributed by atoms with Crippen molar-refractivity contribution in [3.05, 3.63) is 89.9 Å². The van der Waals surface area contributed by atoms with E-state index in [1.807, 2.05) is 49.4 Å². The van der Waals surface area contributed by atoms with Gasteiger partial charge in [0.25, 0.3) is 0 Å². The number of rotatable bonds is 9. The Kier molecular flexibility index (Phi) is 7.70. The van der Waals surface area contributed by atoms with Crippen LogP contribution >= 0.6 is 0 Å². The number of nitrogens with one attached hydrogen (secondary N) is 1. The third kappa shape index (κ3) is 6.09. The Labute approximate surface area is 211 Å². The van der Waals surface area contributed by atoms with Gasteiger partial charge in [0.1, 0.15) is 11.4 Å². The highest BCUT2D eigenvalue weighted by atomic mass is 32.2. The molecule has 0 saturated carbocycles. The number of ether oxygens (including phenoxy) is 1. The number of amides is 1. The second-order valence-corrected chi connectivity index (χ2v) is 10.9. The summed E-state index contributed by atoms with van der Waals surface area (Å²) in [6.07, 6.45) is 3.77. The SMILES string of the molecule is C[C@@H](c1ccc(-c2ccccn2)cc1)N1CCC(CCCNS(C)(=O)=O)(c2ccc(F)cc2)OC1=O. The Balaban J connectivity index is 1.49. The van der Waals surface area contributed by atoms with Crippen molar-refractivity contribution in [2.75, 3.05) is 19.3 Å². The first-order valence-electron chi connectivity index (χ1n) is 11.9. The van der Waals surface area contributed by atoms with E-state index >= 15 is 0 Å². The summed E-state index contributed by atoms with van der Waals surface area (Å²) >= 11 is 0. The number of carbonyl (C=O) groups excluding carboxylic acids is 1. The quantitative estimate of drug-likeness (QED) is 0.408. The fourth-order valence-corrected chi connectivity index (χ4v) is 5.09. The van der Waals surface area contributed by atoms with Crippen LogP contribution in [-0.4, -0.2) is 43.7 Å². The van der Waals surface area contributed by atoms with Gasteiger partial charge in [-0.25, -0.2) is 22.3 Å². The Hall–Kier alpha value is -3.30. The van der Waals surface area contributed by atoms with Gasteiger partial charge >= 0.3 is 6.09 Å². The van der Waals surface area contributed by atoms with Crippen molar-refractivity contribution < 1.29 is 22.3 Å². The van der Waals surface area contributed by atoms with Gasteiger partial charge in [0.2, 0.25) is 10.0 Å². The molecule has 1 aliphatic heterocycles. The predicted molar refractivity (Wildman–Crippen MR) is 136 cm³/mol. The van der Waals surface area contributed by atoms with Gasteiger partial charge in [0.15, 0.2) is 0 Å². The van der Waals surface area contributed by atoms with Crippen molar-refractivity contribution in [1.82, 2.24) is 14.6 Å². The van der Waals surface area contributed by atoms with Crippen LogP contribution in [0.15, 0.2) is 72.9 Å². The Morgan fingerprint density at radius 2 is 1.83 bits per heavy atom. The number of pyridine rings is 1. The number of hydrogen-bond acceptors (Lipinski definition) is 5. The fourth-order valence-electron chi connectivity index (χ4n) is 4.58. The fraction of sp³-hybridized carbons (Fsp3) is 0.333. The van der Waals surface area contributed by atoms with E-state index in [9.17, 15) is 17.6 Å². The van der Waals surface area contributed by atoms with Crippen molar-refractivity contribution in [1.29, 1.82) is 0 Å². The van der Waals surface area contributed by atoms with Crippen molar-refractivity contribution >= 4 is 16.1 Å². The Bertz CT molecular complexity index is 1280. The molecule has 1 unspecified atom stereocenters. The van der Waals surface area contributed by atoms with E-state index in [-0.39, 0.29) is 18.4 Å². The van der Waals surface area contributed by atoms with Crippen LogP contribution in [-0.2, 0) is 20.4 Å². The largest absolute Gasteiger partial charge is 0.438 e. The second kappa shape index (κ2) is 10.8. The van der Waals surface area contributed by atoms with Gasteiger partial charge in [-0.15, -0.1) is 0 Å². The molecule has 1 fully saturated rings. The van der Waals surface area contributed by atoms with Gasteiger partial charge in [-0.2, -0.15) is 0 Å². The maximum absolute atomic E-state index is 13.6. The Morgan fingerprint density at radius 3 is 2.44 bits per heavy atom. The average molecular weight is 512 g/mol. The van der Waals surface area contributed by atoms with Crippen LogP contribution in [0.5, 0.6) is 0 Å². The minimum absolute atomic E-state index is 0.214. The molecule has 2 heterocycles. The third-order valence-electron chi connectivity index (χ3n) is 6.59. The van der Waals surface area contributed by atoms with Crippen molar-refractivity contribution in [3.8, 4) is 11.3 Å². The minimum atomic E-state index is -3.32. The maximum Gasteiger partial charge on any atom is 0.411 e. The molecule has 0 aliphatic carbocycles. The van der Waals surface area contributed by atoms with Crippen LogP contribution in [0.4, 0.5) is 9.18 Å². The lowest BCUT2D eigenvalue weighted by Crippen LogP contribution is -2.49. The molecule has 1 saturated heterocycles. The lowest BCUT2D eigenvalue weighted by atomic mass is 9.84. The zero-order valence-corrected chi connectivity index (χ0v) is 21.2. The van der Waals surface area contributed by atoms with Crippen LogP contribution < -0.4 is 4.72 Å². The number of aromatic nitrogens is 1. The van der Waals surface area contributed by atoms with Crippen molar-refractivity contribution in [3.63, 3.8) is 0 Å². The van der Waals surface area contributed by atoms with E-state index in [1.165, 1.54) is 12.1 Å². The lowest BCUT2D eigenvalue weighted by molar-refractivity contribution is -0.0662. The summed E-state index contributed by atoms with van der Waals surface area (Å²) in [5.41, 5.74) is 2.58. The summed E-state index contributed by atoms with van der Waals surface area (Å²) in [6, 6.07) is 19.4. The number of halogens is 1. The highest BCUT2D eigenvalue weighted by Gasteiger charge is 2.43. The molecule has 7 nitrogen and oxygen atoms in total. The molecule has 190 valence electrons. The van der Waals surface area contributed by atoms with Crippen molar-refractivity contribution in [2.45, 2.75) is 37.8 Å². The van der Waals surface area contributed by atoms with E-state index in [2.05, 4.69) is 9.71 Å². The number of sulfonamides is 1. The summed E-state index contributed by atoms with van der Waals surface area (Å²) in [5, 5.41) is 0. The van der Waals surface area contributed by atoms with Gasteiger partial charge in [0.05, 0.1) is 18.0 Å². The van der Waals surface area contributed by atoms with Gasteiger partial charge in [-0.05, 0) is 55.2 Å². The molecule has 3 aromatic rings. The Morgan fingerprint density at radius 1 is 1.11 bits per heavy atom. The zero-order chi connectivity index (χ0) is 25.8. The molecule has 1 N–H and O–H groups in total. The van der Waals surface area contributed by atoms with Crippen LogP contribution in [0.25, 0.3) is 11.3 Å². The van der Waals surface area contributed by atoms with Crippen LogP contribution in [0.1, 0.15) is 43.4 Å². The second-order valence-electron chi connectivity index (χ2n) is 9.10. The molecule has 1 aromatic heterocycles. The molecular weight excluding hydrogens is 481 g/mol. The van der Waals surface area contributed by atoms with E-state index < -0.39 is 21.7 Å². The molecule has 0 spiro atoms. The summed E-state index contributed by atoms with van der Waals surface area (Å²) in [5.74, 6) is -0.376. The molecule has 9 heteroatoms. The van der Waals surface area contributed by atoms with E-state index in [0.717, 1.165) is 23.1 Å². The molecular formula is C27H30FN3O4S. The number of cyclic esters (lactones) is 1. The lowest BCUT2D eigenvalue weighted by Gasteiger charge is -2.43. The highest BCUT2D eigenvalue weighted by molar-refractivity contribution is 7.88. The molecule has 2 aromatic carbocycles. The zero-order valence-electron chi connectivity index (χ0n) is 20.4. The van der Waals surface area contributed by atoms with Crippen molar-refractivity contribution in [2.24, 2.45) is 0 Å². The van der Waals surface area contributed by atoms with Gasteiger partial charge < -0.3 is 9.64 Å². The van der Waals surface area contributed by atoms with Crippen LogP contribution in [0, 0.1) is 5.82 Å². The molecule has 36 heavy (non-hydrogen) atoms. The van der Waals surface area contributed by atoms with Gasteiger partial charge in [-0.3, -0.25) is 4.98 Å². The number of carbonyl (C=O) groups is 1. The summed E-state index contributed by atoms with van der Waals surface area (Å²) in [7, 11) is -3.32. The minimum Gasteiger partial charge on any atom is -0.438 e. The summed E-state index contributed by atoms with van der Waals surface area (Å²) in [4.78, 5) is 19.3. The average Bonchev–Trinajstić information content (AvgIpc) is 2.87. The predicted octanol–water partition coefficient (Wildman–Crippen LogP) is 5.02. The monoisotopic (exact) mass is 511 g/mol. The van der Waals surface area contributed by atoms with Gasteiger partial charge in [-0.1, -0.05) is 42.5 Å². The molecule has 0 radical (unpaired) electrons. The molecule has 4 rings (SSSR count). The standard InChI is InChI=1S/C27H30FN3O4S/c1-20(21-7-9-22(10-8-21)25-6-3-4-17-29-25)31-19-16-27(35-26(31)32,15-5-18-30-36(2,33)34)23-11-13-24(28)14-12-23/h3-4,6-14,17,20,30H,5,15-16,18-19H2,1-2H3/t20-,27?/m0/s1. The number of benzene rings is 2.